The molecule has 1 saturated heterocycles. The van der Waals surface area contributed by atoms with Gasteiger partial charge < -0.3 is 10.0 Å². The summed E-state index contributed by atoms with van der Waals surface area (Å²) in [6, 6.07) is 10.2. The normalized spacial score (nSPS) is 23.1. The summed E-state index contributed by atoms with van der Waals surface area (Å²) in [5.41, 5.74) is -1.76. The van der Waals surface area contributed by atoms with Crippen LogP contribution >= 0.6 is 0 Å². The number of benzene rings is 2. The molecule has 2 aromatic rings. The first-order chi connectivity index (χ1) is 16.0. The van der Waals surface area contributed by atoms with Gasteiger partial charge in [-0.3, -0.25) is 4.79 Å². The highest BCUT2D eigenvalue weighted by Gasteiger charge is 2.62. The number of rotatable bonds is 8. The first-order valence-corrected chi connectivity index (χ1v) is 12.7. The third-order valence-electron chi connectivity index (χ3n) is 6.85. The van der Waals surface area contributed by atoms with E-state index in [9.17, 15) is 27.1 Å². The second-order valence-corrected chi connectivity index (χ2v) is 11.1. The van der Waals surface area contributed by atoms with Gasteiger partial charge in [-0.25, -0.2) is 26.3 Å². The van der Waals surface area contributed by atoms with Crippen LogP contribution in [0.1, 0.15) is 25.3 Å². The summed E-state index contributed by atoms with van der Waals surface area (Å²) in [6.07, 6.45) is 1.04. The molecule has 10 heteroatoms. The molecule has 0 radical (unpaired) electrons. The van der Waals surface area contributed by atoms with Crippen molar-refractivity contribution in [3.8, 4) is 11.1 Å². The predicted octanol–water partition coefficient (Wildman–Crippen LogP) is 2.96. The number of carbonyl (C=O) groups is 1. The second kappa shape index (κ2) is 8.98. The lowest BCUT2D eigenvalue weighted by Gasteiger charge is -2.33. The quantitative estimate of drug-likeness (QED) is 0.589. The van der Waals surface area contributed by atoms with Crippen molar-refractivity contribution in [1.82, 2.24) is 9.62 Å². The fraction of sp³-hybridized carbons (Fsp3) is 0.458. The van der Waals surface area contributed by atoms with Crippen LogP contribution in [0.3, 0.4) is 0 Å². The molecule has 1 aliphatic carbocycles. The minimum absolute atomic E-state index is 0.0616. The number of nitrogens with zero attached hydrogens (tertiary/aromatic N) is 1. The number of hydrogen-bond acceptors (Lipinski definition) is 4. The number of aliphatic hydroxyl groups is 1. The van der Waals surface area contributed by atoms with E-state index < -0.39 is 57.5 Å². The van der Waals surface area contributed by atoms with Crippen molar-refractivity contribution in [2.45, 2.75) is 43.9 Å². The van der Waals surface area contributed by atoms with Gasteiger partial charge in [-0.2, -0.15) is 0 Å². The average molecular weight is 497 g/mol. The minimum atomic E-state index is -4.30. The highest BCUT2D eigenvalue weighted by molar-refractivity contribution is 7.89. The highest BCUT2D eigenvalue weighted by atomic mass is 32.2. The van der Waals surface area contributed by atoms with E-state index in [1.54, 1.807) is 42.5 Å². The molecule has 6 nitrogen and oxygen atoms in total. The molecule has 1 spiro atoms. The number of amides is 1. The van der Waals surface area contributed by atoms with Crippen molar-refractivity contribution in [1.29, 1.82) is 0 Å². The van der Waals surface area contributed by atoms with Gasteiger partial charge in [0.2, 0.25) is 16.0 Å². The molecule has 1 heterocycles. The second-order valence-electron chi connectivity index (χ2n) is 9.44. The Labute approximate surface area is 196 Å². The molecule has 1 aliphatic heterocycles. The molecule has 2 aromatic carbocycles. The number of carbonyl (C=O) groups excluding carboxylic acids is 1. The van der Waals surface area contributed by atoms with Crippen LogP contribution in [0, 0.1) is 11.2 Å². The number of halogens is 3. The predicted molar refractivity (Wildman–Crippen MR) is 121 cm³/mol. The molecule has 0 bridgehead atoms. The van der Waals surface area contributed by atoms with E-state index in [-0.39, 0.29) is 18.5 Å². The SMILES string of the molecule is CC(O)(CF)C(=O)N1CC2(CC2)[C@H](NS(=O)(=O)CF)[C@@H]1Cc1cccc(-c2ccccc2)c1F. The number of nitrogens with one attached hydrogen (secondary N) is 1. The molecule has 1 unspecified atom stereocenters. The summed E-state index contributed by atoms with van der Waals surface area (Å²) in [6.45, 7) is -0.228. The zero-order valence-corrected chi connectivity index (χ0v) is 19.5. The van der Waals surface area contributed by atoms with Gasteiger partial charge in [-0.15, -0.1) is 0 Å². The Balaban J connectivity index is 1.74. The summed E-state index contributed by atoms with van der Waals surface area (Å²) in [4.78, 5) is 14.3. The molecular weight excluding hydrogens is 469 g/mol. The van der Waals surface area contributed by atoms with E-state index in [1.807, 2.05) is 0 Å². The molecule has 1 amide bonds. The summed E-state index contributed by atoms with van der Waals surface area (Å²) < 4.78 is 68.8. The maximum Gasteiger partial charge on any atom is 0.257 e. The van der Waals surface area contributed by atoms with Crippen molar-refractivity contribution in [2.75, 3.05) is 19.2 Å². The number of sulfonamides is 1. The van der Waals surface area contributed by atoms with Crippen molar-refractivity contribution in [3.05, 3.63) is 59.9 Å². The van der Waals surface area contributed by atoms with Crippen LogP contribution in [0.15, 0.2) is 48.5 Å². The van der Waals surface area contributed by atoms with Crippen molar-refractivity contribution >= 4 is 15.9 Å². The molecular formula is C24H27F3N2O4S. The Bertz CT molecular complexity index is 1170. The van der Waals surface area contributed by atoms with Gasteiger partial charge in [0.1, 0.15) is 12.5 Å². The largest absolute Gasteiger partial charge is 0.378 e. The molecule has 2 fully saturated rings. The highest BCUT2D eigenvalue weighted by Crippen LogP contribution is 2.56. The van der Waals surface area contributed by atoms with E-state index in [4.69, 9.17) is 0 Å². The van der Waals surface area contributed by atoms with Crippen molar-refractivity contribution in [3.63, 3.8) is 0 Å². The molecule has 0 aromatic heterocycles. The molecule has 184 valence electrons. The van der Waals surface area contributed by atoms with Crippen LogP contribution in [0.2, 0.25) is 0 Å². The zero-order chi connectivity index (χ0) is 24.7. The molecule has 1 saturated carbocycles. The summed E-state index contributed by atoms with van der Waals surface area (Å²) in [5, 5.41) is 10.3. The van der Waals surface area contributed by atoms with Gasteiger partial charge in [0, 0.05) is 23.6 Å². The zero-order valence-electron chi connectivity index (χ0n) is 18.7. The first-order valence-electron chi connectivity index (χ1n) is 11.0. The Morgan fingerprint density at radius 1 is 1.18 bits per heavy atom. The molecule has 34 heavy (non-hydrogen) atoms. The lowest BCUT2D eigenvalue weighted by Crippen LogP contribution is -2.54. The number of likely N-dealkylation sites (tertiary alicyclic amines) is 1. The molecule has 3 atom stereocenters. The lowest BCUT2D eigenvalue weighted by molar-refractivity contribution is -0.152. The lowest BCUT2D eigenvalue weighted by atomic mass is 9.91. The summed E-state index contributed by atoms with van der Waals surface area (Å²) in [7, 11) is -4.30. The third-order valence-corrected chi connectivity index (χ3v) is 7.75. The maximum absolute atomic E-state index is 15.6. The van der Waals surface area contributed by atoms with Crippen molar-refractivity contribution in [2.24, 2.45) is 5.41 Å². The van der Waals surface area contributed by atoms with E-state index >= 15 is 4.39 Å². The van der Waals surface area contributed by atoms with Crippen LogP contribution < -0.4 is 4.72 Å². The van der Waals surface area contributed by atoms with Crippen LogP contribution in [-0.2, 0) is 21.2 Å². The standard InChI is InChI=1S/C24H27F3N2O4S/c1-23(31,13-25)22(30)29-14-24(10-11-24)21(28-34(32,33)15-26)19(29)12-17-8-5-9-18(20(17)27)16-6-3-2-4-7-16/h2-9,19,21,28,31H,10-15H2,1H3/t19-,21+,23?/m0/s1. The topological polar surface area (TPSA) is 86.7 Å². The Morgan fingerprint density at radius 3 is 2.44 bits per heavy atom. The third kappa shape index (κ3) is 4.58. The maximum atomic E-state index is 15.6. The van der Waals surface area contributed by atoms with Gasteiger partial charge >= 0.3 is 0 Å². The average Bonchev–Trinajstić information content (AvgIpc) is 3.55. The van der Waals surface area contributed by atoms with E-state index in [1.165, 1.54) is 11.0 Å². The van der Waals surface area contributed by atoms with Crippen LogP contribution in [0.4, 0.5) is 13.2 Å². The fourth-order valence-electron chi connectivity index (χ4n) is 4.82. The molecule has 4 rings (SSSR count). The van der Waals surface area contributed by atoms with Crippen LogP contribution in [0.5, 0.6) is 0 Å². The summed E-state index contributed by atoms with van der Waals surface area (Å²) >= 11 is 0. The van der Waals surface area contributed by atoms with Gasteiger partial charge in [0.25, 0.3) is 5.91 Å². The van der Waals surface area contributed by atoms with E-state index in [0.29, 0.717) is 24.0 Å². The molecule has 2 N–H and O–H groups in total. The van der Waals surface area contributed by atoms with Gasteiger partial charge in [-0.05, 0) is 37.3 Å². The monoisotopic (exact) mass is 496 g/mol. The van der Waals surface area contributed by atoms with E-state index in [2.05, 4.69) is 4.72 Å². The summed E-state index contributed by atoms with van der Waals surface area (Å²) in [5.74, 6) is -1.44. The number of alkyl halides is 2. The molecule has 2 aliphatic rings. The van der Waals surface area contributed by atoms with Gasteiger partial charge in [0.05, 0.1) is 6.04 Å². The van der Waals surface area contributed by atoms with Gasteiger partial charge in [0.15, 0.2) is 5.60 Å². The first kappa shape index (κ1) is 24.7. The number of hydrogen-bond donors (Lipinski definition) is 2. The Hall–Kier alpha value is -2.43. The van der Waals surface area contributed by atoms with Crippen molar-refractivity contribution < 1.29 is 31.5 Å². The fourth-order valence-corrected chi connectivity index (χ4v) is 5.68. The minimum Gasteiger partial charge on any atom is -0.378 e. The smallest absolute Gasteiger partial charge is 0.257 e. The van der Waals surface area contributed by atoms with Crippen LogP contribution in [-0.4, -0.2) is 61.2 Å². The Morgan fingerprint density at radius 2 is 1.85 bits per heavy atom. The van der Waals surface area contributed by atoms with Gasteiger partial charge in [-0.1, -0.05) is 48.5 Å². The Kier molecular flexibility index (Phi) is 6.52. The van der Waals surface area contributed by atoms with E-state index in [0.717, 1.165) is 6.92 Å². The van der Waals surface area contributed by atoms with Crippen LogP contribution in [0.25, 0.3) is 11.1 Å².